The second-order valence-corrected chi connectivity index (χ2v) is 9.60. The van der Waals surface area contributed by atoms with Gasteiger partial charge < -0.3 is 10.2 Å². The van der Waals surface area contributed by atoms with Crippen molar-refractivity contribution in [1.82, 2.24) is 10.2 Å². The second-order valence-electron chi connectivity index (χ2n) is 7.26. The summed E-state index contributed by atoms with van der Waals surface area (Å²) in [6.07, 6.45) is -3.92. The molecule has 0 saturated carbocycles. The molecule has 0 aliphatic rings. The van der Waals surface area contributed by atoms with E-state index in [1.54, 1.807) is 24.3 Å². The number of carbonyl (C=O) groups is 2. The third-order valence-corrected chi connectivity index (χ3v) is 6.17. The Morgan fingerprint density at radius 2 is 1.76 bits per heavy atom. The van der Waals surface area contributed by atoms with Crippen molar-refractivity contribution in [3.63, 3.8) is 0 Å². The standard InChI is InChI=1S/C21H23ClF3N3O4S/c1-14(20(30)26-2)27(12-15-6-4-8-17(22)10-15)19(29)13-28(33(3,31)32)18-9-5-7-16(11-18)21(23,24)25/h4-11,14H,12-13H2,1-3H3,(H,26,30)/t14-/m1/s1. The summed E-state index contributed by atoms with van der Waals surface area (Å²) in [4.78, 5) is 26.6. The van der Waals surface area contributed by atoms with E-state index in [0.717, 1.165) is 29.4 Å². The Hall–Kier alpha value is -2.79. The van der Waals surface area contributed by atoms with E-state index in [4.69, 9.17) is 11.6 Å². The number of likely N-dealkylation sites (N-methyl/N-ethyl adjacent to an activating group) is 1. The molecular weight excluding hydrogens is 483 g/mol. The first kappa shape index (κ1) is 26.5. The summed E-state index contributed by atoms with van der Waals surface area (Å²) in [5.74, 6) is -1.29. The van der Waals surface area contributed by atoms with Crippen LogP contribution >= 0.6 is 11.6 Å². The van der Waals surface area contributed by atoms with Gasteiger partial charge in [-0.3, -0.25) is 13.9 Å². The molecule has 0 aliphatic heterocycles. The van der Waals surface area contributed by atoms with Gasteiger partial charge in [-0.15, -0.1) is 0 Å². The van der Waals surface area contributed by atoms with E-state index in [1.807, 2.05) is 0 Å². The molecule has 0 radical (unpaired) electrons. The largest absolute Gasteiger partial charge is 0.416 e. The highest BCUT2D eigenvalue weighted by Crippen LogP contribution is 2.32. The van der Waals surface area contributed by atoms with Crippen LogP contribution < -0.4 is 9.62 Å². The van der Waals surface area contributed by atoms with E-state index in [2.05, 4.69) is 5.32 Å². The van der Waals surface area contributed by atoms with Crippen molar-refractivity contribution in [3.8, 4) is 0 Å². The zero-order valence-electron chi connectivity index (χ0n) is 18.1. The molecule has 1 N–H and O–H groups in total. The van der Waals surface area contributed by atoms with Gasteiger partial charge in [-0.05, 0) is 42.8 Å². The summed E-state index contributed by atoms with van der Waals surface area (Å²) in [7, 11) is -2.76. The van der Waals surface area contributed by atoms with Crippen LogP contribution in [0, 0.1) is 0 Å². The van der Waals surface area contributed by atoms with Crippen molar-refractivity contribution < 1.29 is 31.2 Å². The molecule has 0 aliphatic carbocycles. The first-order valence-corrected chi connectivity index (χ1v) is 11.9. The molecule has 2 rings (SSSR count). The molecule has 2 amide bonds. The number of sulfonamides is 1. The fraction of sp³-hybridized carbons (Fsp3) is 0.333. The quantitative estimate of drug-likeness (QED) is 0.596. The number of nitrogens with one attached hydrogen (secondary N) is 1. The maximum atomic E-state index is 13.2. The SMILES string of the molecule is CNC(=O)[C@@H](C)N(Cc1cccc(Cl)c1)C(=O)CN(c1cccc(C(F)(F)F)c1)S(C)(=O)=O. The van der Waals surface area contributed by atoms with Gasteiger partial charge in [0.1, 0.15) is 12.6 Å². The monoisotopic (exact) mass is 505 g/mol. The molecule has 0 spiro atoms. The molecule has 0 aromatic heterocycles. The van der Waals surface area contributed by atoms with Crippen molar-refractivity contribution >= 4 is 39.1 Å². The van der Waals surface area contributed by atoms with E-state index < -0.39 is 46.2 Å². The second kappa shape index (κ2) is 10.4. The molecule has 0 bridgehead atoms. The molecule has 180 valence electrons. The molecule has 2 aromatic carbocycles. The number of alkyl halides is 3. The van der Waals surface area contributed by atoms with Crippen LogP contribution in [0.4, 0.5) is 18.9 Å². The van der Waals surface area contributed by atoms with Crippen LogP contribution in [0.5, 0.6) is 0 Å². The number of amides is 2. The number of anilines is 1. The average molecular weight is 506 g/mol. The summed E-state index contributed by atoms with van der Waals surface area (Å²) in [5.41, 5.74) is -0.803. The summed E-state index contributed by atoms with van der Waals surface area (Å²) >= 11 is 5.99. The number of carbonyl (C=O) groups excluding carboxylic acids is 2. The minimum atomic E-state index is -4.70. The van der Waals surface area contributed by atoms with Gasteiger partial charge in [0.15, 0.2) is 0 Å². The van der Waals surface area contributed by atoms with E-state index in [9.17, 15) is 31.2 Å². The number of benzene rings is 2. The number of nitrogens with zero attached hydrogens (tertiary/aromatic N) is 2. The van der Waals surface area contributed by atoms with Crippen molar-refractivity contribution in [2.24, 2.45) is 0 Å². The third-order valence-electron chi connectivity index (χ3n) is 4.80. The summed E-state index contributed by atoms with van der Waals surface area (Å²) in [5, 5.41) is 2.82. The van der Waals surface area contributed by atoms with E-state index >= 15 is 0 Å². The van der Waals surface area contributed by atoms with Crippen molar-refractivity contribution in [2.75, 3.05) is 24.2 Å². The van der Waals surface area contributed by atoms with E-state index in [1.165, 1.54) is 14.0 Å². The Labute approximate surface area is 195 Å². The Morgan fingerprint density at radius 1 is 1.12 bits per heavy atom. The minimum Gasteiger partial charge on any atom is -0.357 e. The van der Waals surface area contributed by atoms with E-state index in [-0.39, 0.29) is 12.2 Å². The van der Waals surface area contributed by atoms with Gasteiger partial charge in [0, 0.05) is 18.6 Å². The molecule has 0 unspecified atom stereocenters. The first-order valence-electron chi connectivity index (χ1n) is 9.64. The van der Waals surface area contributed by atoms with Crippen LogP contribution in [0.1, 0.15) is 18.1 Å². The molecule has 0 fully saturated rings. The Kier molecular flexibility index (Phi) is 8.36. The molecule has 12 heteroatoms. The molecule has 33 heavy (non-hydrogen) atoms. The first-order chi connectivity index (χ1) is 15.2. The highest BCUT2D eigenvalue weighted by molar-refractivity contribution is 7.92. The van der Waals surface area contributed by atoms with Gasteiger partial charge in [-0.2, -0.15) is 13.2 Å². The molecule has 1 atom stereocenters. The molecule has 2 aromatic rings. The summed E-state index contributed by atoms with van der Waals surface area (Å²) in [6, 6.07) is 9.19. The molecular formula is C21H23ClF3N3O4S. The molecule has 0 heterocycles. The number of halogens is 4. The molecule has 7 nitrogen and oxygen atoms in total. The smallest absolute Gasteiger partial charge is 0.357 e. The topological polar surface area (TPSA) is 86.8 Å². The third kappa shape index (κ3) is 7.10. The summed E-state index contributed by atoms with van der Waals surface area (Å²) < 4.78 is 64.7. The van der Waals surface area contributed by atoms with Gasteiger partial charge in [0.2, 0.25) is 21.8 Å². The zero-order chi connectivity index (χ0) is 25.0. The van der Waals surface area contributed by atoms with E-state index in [0.29, 0.717) is 21.0 Å². The Bertz CT molecular complexity index is 1130. The van der Waals surface area contributed by atoms with Gasteiger partial charge in [-0.1, -0.05) is 29.8 Å². The van der Waals surface area contributed by atoms with Gasteiger partial charge in [0.25, 0.3) is 0 Å². The van der Waals surface area contributed by atoms with Crippen LogP contribution in [-0.2, 0) is 32.3 Å². The maximum Gasteiger partial charge on any atom is 0.416 e. The summed E-state index contributed by atoms with van der Waals surface area (Å²) in [6.45, 7) is 0.576. The predicted octanol–water partition coefficient (Wildman–Crippen LogP) is 3.29. The van der Waals surface area contributed by atoms with Crippen molar-refractivity contribution in [3.05, 3.63) is 64.7 Å². The number of hydrogen-bond donors (Lipinski definition) is 1. The van der Waals surface area contributed by atoms with Crippen molar-refractivity contribution in [1.29, 1.82) is 0 Å². The Morgan fingerprint density at radius 3 is 2.30 bits per heavy atom. The lowest BCUT2D eigenvalue weighted by molar-refractivity contribution is -0.139. The minimum absolute atomic E-state index is 0.0752. The maximum absolute atomic E-state index is 13.2. The average Bonchev–Trinajstić information content (AvgIpc) is 2.73. The Balaban J connectivity index is 2.43. The fourth-order valence-electron chi connectivity index (χ4n) is 3.07. The normalized spacial score (nSPS) is 12.7. The number of hydrogen-bond acceptors (Lipinski definition) is 4. The number of rotatable bonds is 8. The lowest BCUT2D eigenvalue weighted by Gasteiger charge is -2.31. The van der Waals surface area contributed by atoms with Crippen LogP contribution in [0.2, 0.25) is 5.02 Å². The van der Waals surface area contributed by atoms with Gasteiger partial charge >= 0.3 is 6.18 Å². The van der Waals surface area contributed by atoms with Crippen LogP contribution in [0.3, 0.4) is 0 Å². The van der Waals surface area contributed by atoms with Crippen LogP contribution in [-0.4, -0.2) is 51.0 Å². The lowest BCUT2D eigenvalue weighted by Crippen LogP contribution is -2.50. The van der Waals surface area contributed by atoms with Crippen molar-refractivity contribution in [2.45, 2.75) is 25.7 Å². The van der Waals surface area contributed by atoms with Gasteiger partial charge in [0.05, 0.1) is 17.5 Å². The highest BCUT2D eigenvalue weighted by atomic mass is 35.5. The van der Waals surface area contributed by atoms with Gasteiger partial charge in [-0.25, -0.2) is 8.42 Å². The lowest BCUT2D eigenvalue weighted by atomic mass is 10.1. The fourth-order valence-corrected chi connectivity index (χ4v) is 4.13. The highest BCUT2D eigenvalue weighted by Gasteiger charge is 2.33. The predicted molar refractivity (Wildman–Crippen MR) is 119 cm³/mol. The molecule has 0 saturated heterocycles. The van der Waals surface area contributed by atoms with Crippen LogP contribution in [0.15, 0.2) is 48.5 Å². The van der Waals surface area contributed by atoms with Crippen LogP contribution in [0.25, 0.3) is 0 Å². The zero-order valence-corrected chi connectivity index (χ0v) is 19.6.